The zero-order valence-electron chi connectivity index (χ0n) is 14.6. The third-order valence-corrected chi connectivity index (χ3v) is 4.44. The van der Waals surface area contributed by atoms with E-state index in [1.165, 1.54) is 11.1 Å². The van der Waals surface area contributed by atoms with Crippen LogP contribution in [-0.2, 0) is 11.2 Å². The maximum atomic E-state index is 12.4. The largest absolute Gasteiger partial charge is 0.487 e. The SMILES string of the molecule is Cc1ccc2c(c1)[C@H](NC(=O)CCc1ccccc1)CC(C)(C)O2. The van der Waals surface area contributed by atoms with E-state index < -0.39 is 0 Å². The van der Waals surface area contributed by atoms with Gasteiger partial charge in [0, 0.05) is 18.4 Å². The van der Waals surface area contributed by atoms with Gasteiger partial charge < -0.3 is 10.1 Å². The average molecular weight is 323 g/mol. The minimum atomic E-state index is -0.278. The van der Waals surface area contributed by atoms with Crippen LogP contribution in [0, 0.1) is 6.92 Å². The van der Waals surface area contributed by atoms with Gasteiger partial charge in [0.25, 0.3) is 0 Å². The Bertz CT molecular complexity index is 722. The number of ether oxygens (including phenoxy) is 1. The van der Waals surface area contributed by atoms with Gasteiger partial charge in [-0.1, -0.05) is 48.0 Å². The standard InChI is InChI=1S/C21H25NO2/c1-15-9-11-19-17(13-15)18(14-21(2,3)24-19)22-20(23)12-10-16-7-5-4-6-8-16/h4-9,11,13,18H,10,12,14H2,1-3H3,(H,22,23)/t18-/m1/s1. The first-order valence-corrected chi connectivity index (χ1v) is 8.56. The molecule has 3 heteroatoms. The fraction of sp³-hybridized carbons (Fsp3) is 0.381. The summed E-state index contributed by atoms with van der Waals surface area (Å²) in [6.07, 6.45) is 2.05. The van der Waals surface area contributed by atoms with E-state index in [0.717, 1.165) is 24.2 Å². The van der Waals surface area contributed by atoms with E-state index >= 15 is 0 Å². The number of amides is 1. The normalized spacial score (nSPS) is 18.4. The van der Waals surface area contributed by atoms with Crippen molar-refractivity contribution in [3.8, 4) is 5.75 Å². The average Bonchev–Trinajstić information content (AvgIpc) is 2.54. The van der Waals surface area contributed by atoms with Crippen molar-refractivity contribution in [2.24, 2.45) is 0 Å². The van der Waals surface area contributed by atoms with Gasteiger partial charge >= 0.3 is 0 Å². The summed E-state index contributed by atoms with van der Waals surface area (Å²) in [5.74, 6) is 0.971. The molecule has 0 radical (unpaired) electrons. The Morgan fingerprint density at radius 2 is 1.96 bits per heavy atom. The van der Waals surface area contributed by atoms with Crippen LogP contribution in [0.2, 0.25) is 0 Å². The molecule has 0 spiro atoms. The van der Waals surface area contributed by atoms with E-state index in [2.05, 4.69) is 50.4 Å². The lowest BCUT2D eigenvalue weighted by atomic mass is 9.89. The molecule has 3 nitrogen and oxygen atoms in total. The minimum Gasteiger partial charge on any atom is -0.487 e. The number of benzene rings is 2. The highest BCUT2D eigenvalue weighted by atomic mass is 16.5. The van der Waals surface area contributed by atoms with Gasteiger partial charge in [-0.2, -0.15) is 0 Å². The second kappa shape index (κ2) is 6.68. The van der Waals surface area contributed by atoms with Gasteiger partial charge in [0.2, 0.25) is 5.91 Å². The topological polar surface area (TPSA) is 38.3 Å². The Labute approximate surface area is 144 Å². The lowest BCUT2D eigenvalue weighted by Crippen LogP contribution is -2.41. The fourth-order valence-corrected chi connectivity index (χ4v) is 3.27. The maximum Gasteiger partial charge on any atom is 0.220 e. The number of hydrogen-bond acceptors (Lipinski definition) is 2. The highest BCUT2D eigenvalue weighted by Gasteiger charge is 2.34. The van der Waals surface area contributed by atoms with Crippen LogP contribution in [-0.4, -0.2) is 11.5 Å². The molecule has 2 aromatic carbocycles. The first kappa shape index (κ1) is 16.6. The molecule has 24 heavy (non-hydrogen) atoms. The lowest BCUT2D eigenvalue weighted by Gasteiger charge is -2.38. The van der Waals surface area contributed by atoms with Gasteiger partial charge in [-0.25, -0.2) is 0 Å². The van der Waals surface area contributed by atoms with E-state index in [-0.39, 0.29) is 17.6 Å². The second-order valence-electron chi connectivity index (χ2n) is 7.21. The molecule has 0 unspecified atom stereocenters. The maximum absolute atomic E-state index is 12.4. The molecule has 1 aliphatic rings. The lowest BCUT2D eigenvalue weighted by molar-refractivity contribution is -0.122. The van der Waals surface area contributed by atoms with Gasteiger partial charge in [-0.3, -0.25) is 4.79 Å². The van der Waals surface area contributed by atoms with Crippen LogP contribution in [0.5, 0.6) is 5.75 Å². The molecule has 0 fully saturated rings. The molecule has 0 saturated carbocycles. The Balaban J connectivity index is 1.70. The molecule has 0 aromatic heterocycles. The highest BCUT2D eigenvalue weighted by molar-refractivity contribution is 5.77. The van der Waals surface area contributed by atoms with Crippen molar-refractivity contribution < 1.29 is 9.53 Å². The predicted octanol–water partition coefficient (Wildman–Crippen LogP) is 4.35. The summed E-state index contributed by atoms with van der Waals surface area (Å²) in [5.41, 5.74) is 3.18. The summed E-state index contributed by atoms with van der Waals surface area (Å²) in [4.78, 5) is 12.4. The van der Waals surface area contributed by atoms with Crippen LogP contribution >= 0.6 is 0 Å². The molecule has 3 rings (SSSR count). The number of aryl methyl sites for hydroxylation is 2. The van der Waals surface area contributed by atoms with Crippen molar-refractivity contribution in [3.63, 3.8) is 0 Å². The number of carbonyl (C=O) groups excluding carboxylic acids is 1. The van der Waals surface area contributed by atoms with Crippen LogP contribution in [0.3, 0.4) is 0 Å². The van der Waals surface area contributed by atoms with Gasteiger partial charge in [-0.15, -0.1) is 0 Å². The first-order valence-electron chi connectivity index (χ1n) is 8.56. The zero-order chi connectivity index (χ0) is 17.2. The molecule has 1 amide bonds. The van der Waals surface area contributed by atoms with Gasteiger partial charge in [-0.05, 0) is 38.8 Å². The van der Waals surface area contributed by atoms with Crippen molar-refractivity contribution in [1.82, 2.24) is 5.32 Å². The second-order valence-corrected chi connectivity index (χ2v) is 7.21. The molecule has 2 aromatic rings. The van der Waals surface area contributed by atoms with Crippen molar-refractivity contribution in [2.75, 3.05) is 0 Å². The summed E-state index contributed by atoms with van der Waals surface area (Å²) in [6.45, 7) is 6.20. The molecule has 0 saturated heterocycles. The van der Waals surface area contributed by atoms with Crippen LogP contribution < -0.4 is 10.1 Å². The number of fused-ring (bicyclic) bond motifs is 1. The monoisotopic (exact) mass is 323 g/mol. The van der Waals surface area contributed by atoms with Gasteiger partial charge in [0.15, 0.2) is 0 Å². The van der Waals surface area contributed by atoms with Crippen LogP contribution in [0.15, 0.2) is 48.5 Å². The van der Waals surface area contributed by atoms with E-state index in [1.807, 2.05) is 24.3 Å². The van der Waals surface area contributed by atoms with Crippen molar-refractivity contribution >= 4 is 5.91 Å². The Hall–Kier alpha value is -2.29. The third-order valence-electron chi connectivity index (χ3n) is 4.44. The smallest absolute Gasteiger partial charge is 0.220 e. The molecular weight excluding hydrogens is 298 g/mol. The number of nitrogens with one attached hydrogen (secondary N) is 1. The Morgan fingerprint density at radius 1 is 1.21 bits per heavy atom. The number of rotatable bonds is 4. The third kappa shape index (κ3) is 3.97. The highest BCUT2D eigenvalue weighted by Crippen LogP contribution is 2.39. The Morgan fingerprint density at radius 3 is 2.71 bits per heavy atom. The van der Waals surface area contributed by atoms with Crippen molar-refractivity contribution in [1.29, 1.82) is 0 Å². The van der Waals surface area contributed by atoms with Crippen LogP contribution in [0.4, 0.5) is 0 Å². The van der Waals surface area contributed by atoms with Gasteiger partial charge in [0.1, 0.15) is 11.4 Å². The van der Waals surface area contributed by atoms with E-state index in [4.69, 9.17) is 4.74 Å². The van der Waals surface area contributed by atoms with E-state index in [1.54, 1.807) is 0 Å². The molecule has 1 N–H and O–H groups in total. The van der Waals surface area contributed by atoms with E-state index in [9.17, 15) is 4.79 Å². The number of carbonyl (C=O) groups is 1. The van der Waals surface area contributed by atoms with Crippen LogP contribution in [0.1, 0.15) is 49.4 Å². The molecule has 0 aliphatic carbocycles. The first-order chi connectivity index (χ1) is 11.4. The summed E-state index contributed by atoms with van der Waals surface area (Å²) in [6, 6.07) is 16.3. The minimum absolute atomic E-state index is 0.00641. The summed E-state index contributed by atoms with van der Waals surface area (Å²) in [7, 11) is 0. The van der Waals surface area contributed by atoms with Crippen molar-refractivity contribution in [3.05, 3.63) is 65.2 Å². The molecule has 1 atom stereocenters. The molecule has 1 aliphatic heterocycles. The fourth-order valence-electron chi connectivity index (χ4n) is 3.27. The summed E-state index contributed by atoms with van der Waals surface area (Å²) in [5, 5.41) is 3.21. The summed E-state index contributed by atoms with van der Waals surface area (Å²) < 4.78 is 6.06. The molecule has 126 valence electrons. The van der Waals surface area contributed by atoms with Crippen molar-refractivity contribution in [2.45, 2.75) is 51.7 Å². The molecule has 0 bridgehead atoms. The zero-order valence-corrected chi connectivity index (χ0v) is 14.6. The molecular formula is C21H25NO2. The predicted molar refractivity (Wildman–Crippen MR) is 96.1 cm³/mol. The van der Waals surface area contributed by atoms with E-state index in [0.29, 0.717) is 6.42 Å². The number of hydrogen-bond donors (Lipinski definition) is 1. The quantitative estimate of drug-likeness (QED) is 0.908. The van der Waals surface area contributed by atoms with Gasteiger partial charge in [0.05, 0.1) is 6.04 Å². The van der Waals surface area contributed by atoms with Crippen LogP contribution in [0.25, 0.3) is 0 Å². The summed E-state index contributed by atoms with van der Waals surface area (Å²) >= 11 is 0. The molecule has 1 heterocycles. The Kier molecular flexibility index (Phi) is 4.61.